The molecule has 0 unspecified atom stereocenters. The Morgan fingerprint density at radius 2 is 2.35 bits per heavy atom. The summed E-state index contributed by atoms with van der Waals surface area (Å²) in [5, 5.41) is 11.2. The summed E-state index contributed by atoms with van der Waals surface area (Å²) in [5.41, 5.74) is 6.32. The average molecular weight is 240 g/mol. The van der Waals surface area contributed by atoms with Crippen LogP contribution in [0.5, 0.6) is 0 Å². The molecule has 0 aliphatic heterocycles. The third-order valence-corrected chi connectivity index (χ3v) is 2.34. The first-order valence-corrected chi connectivity index (χ1v) is 5.31. The number of aliphatic carboxylic acids is 1. The fourth-order valence-electron chi connectivity index (χ4n) is 1.34. The SMILES string of the molecule is CC[C@H](NC(=O)[C@@H](N)Cc1c[nH]cn1)C(=O)O. The van der Waals surface area contributed by atoms with Gasteiger partial charge < -0.3 is 21.1 Å². The first-order valence-electron chi connectivity index (χ1n) is 5.31. The molecule has 0 aliphatic rings. The molecule has 1 rings (SSSR count). The molecule has 7 nitrogen and oxygen atoms in total. The predicted octanol–water partition coefficient (Wildman–Crippen LogP) is -0.741. The van der Waals surface area contributed by atoms with Crippen LogP contribution in [0.4, 0.5) is 0 Å². The molecule has 0 saturated carbocycles. The number of carboxylic acids is 1. The van der Waals surface area contributed by atoms with E-state index in [2.05, 4.69) is 15.3 Å². The second-order valence-corrected chi connectivity index (χ2v) is 3.68. The van der Waals surface area contributed by atoms with E-state index in [9.17, 15) is 9.59 Å². The van der Waals surface area contributed by atoms with E-state index >= 15 is 0 Å². The molecular formula is C10H16N4O3. The molecule has 5 N–H and O–H groups in total. The van der Waals surface area contributed by atoms with Crippen molar-refractivity contribution in [2.45, 2.75) is 31.8 Å². The maximum absolute atomic E-state index is 11.6. The van der Waals surface area contributed by atoms with Gasteiger partial charge in [-0.15, -0.1) is 0 Å². The number of H-pyrrole nitrogens is 1. The van der Waals surface area contributed by atoms with E-state index in [0.29, 0.717) is 12.1 Å². The maximum Gasteiger partial charge on any atom is 0.326 e. The summed E-state index contributed by atoms with van der Waals surface area (Å²) >= 11 is 0. The quantitative estimate of drug-likeness (QED) is 0.521. The monoisotopic (exact) mass is 240 g/mol. The van der Waals surface area contributed by atoms with Gasteiger partial charge in [0.1, 0.15) is 6.04 Å². The molecule has 0 fully saturated rings. The van der Waals surface area contributed by atoms with Crippen molar-refractivity contribution in [2.75, 3.05) is 0 Å². The molecule has 1 aromatic rings. The van der Waals surface area contributed by atoms with Crippen LogP contribution in [-0.4, -0.2) is 39.0 Å². The van der Waals surface area contributed by atoms with Crippen LogP contribution in [0.2, 0.25) is 0 Å². The summed E-state index contributed by atoms with van der Waals surface area (Å²) in [5.74, 6) is -1.55. The van der Waals surface area contributed by atoms with Crippen LogP contribution in [-0.2, 0) is 16.0 Å². The summed E-state index contributed by atoms with van der Waals surface area (Å²) < 4.78 is 0. The number of hydrogen-bond donors (Lipinski definition) is 4. The van der Waals surface area contributed by atoms with Crippen molar-refractivity contribution in [1.82, 2.24) is 15.3 Å². The molecule has 0 aromatic carbocycles. The number of aromatic amines is 1. The Kier molecular flexibility index (Phi) is 4.65. The largest absolute Gasteiger partial charge is 0.480 e. The molecular weight excluding hydrogens is 224 g/mol. The fraction of sp³-hybridized carbons (Fsp3) is 0.500. The highest BCUT2D eigenvalue weighted by molar-refractivity contribution is 5.86. The van der Waals surface area contributed by atoms with Crippen molar-refractivity contribution >= 4 is 11.9 Å². The van der Waals surface area contributed by atoms with Gasteiger partial charge in [0.15, 0.2) is 0 Å². The minimum atomic E-state index is -1.06. The summed E-state index contributed by atoms with van der Waals surface area (Å²) in [7, 11) is 0. The third kappa shape index (κ3) is 3.87. The van der Waals surface area contributed by atoms with Crippen molar-refractivity contribution in [3.8, 4) is 0 Å². The maximum atomic E-state index is 11.6. The van der Waals surface area contributed by atoms with Gasteiger partial charge in [-0.1, -0.05) is 6.92 Å². The molecule has 0 aliphatic carbocycles. The first-order chi connectivity index (χ1) is 8.04. The second kappa shape index (κ2) is 6.00. The molecule has 7 heteroatoms. The molecule has 1 aromatic heterocycles. The Morgan fingerprint density at radius 1 is 1.65 bits per heavy atom. The highest BCUT2D eigenvalue weighted by Gasteiger charge is 2.22. The third-order valence-electron chi connectivity index (χ3n) is 2.34. The average Bonchev–Trinajstić information content (AvgIpc) is 2.77. The van der Waals surface area contributed by atoms with E-state index in [0.717, 1.165) is 0 Å². The lowest BCUT2D eigenvalue weighted by atomic mass is 10.1. The number of amides is 1. The van der Waals surface area contributed by atoms with E-state index in [1.54, 1.807) is 13.1 Å². The highest BCUT2D eigenvalue weighted by Crippen LogP contribution is 1.98. The van der Waals surface area contributed by atoms with E-state index in [-0.39, 0.29) is 6.42 Å². The zero-order valence-electron chi connectivity index (χ0n) is 9.51. The van der Waals surface area contributed by atoms with Crippen LogP contribution < -0.4 is 11.1 Å². The van der Waals surface area contributed by atoms with Crippen molar-refractivity contribution in [3.63, 3.8) is 0 Å². The molecule has 2 atom stereocenters. The number of carbonyl (C=O) groups excluding carboxylic acids is 1. The van der Waals surface area contributed by atoms with Gasteiger partial charge in [-0.2, -0.15) is 0 Å². The number of nitrogens with zero attached hydrogens (tertiary/aromatic N) is 1. The van der Waals surface area contributed by atoms with Gasteiger partial charge in [-0.25, -0.2) is 9.78 Å². The van der Waals surface area contributed by atoms with Crippen LogP contribution >= 0.6 is 0 Å². The van der Waals surface area contributed by atoms with Crippen molar-refractivity contribution in [1.29, 1.82) is 0 Å². The number of rotatable bonds is 6. The van der Waals surface area contributed by atoms with Gasteiger partial charge in [0.2, 0.25) is 5.91 Å². The fourth-order valence-corrected chi connectivity index (χ4v) is 1.34. The summed E-state index contributed by atoms with van der Waals surface area (Å²) in [6.07, 6.45) is 3.72. The topological polar surface area (TPSA) is 121 Å². The minimum absolute atomic E-state index is 0.269. The Morgan fingerprint density at radius 3 is 2.82 bits per heavy atom. The molecule has 94 valence electrons. The zero-order valence-corrected chi connectivity index (χ0v) is 9.51. The van der Waals surface area contributed by atoms with Crippen molar-refractivity contribution in [3.05, 3.63) is 18.2 Å². The van der Waals surface area contributed by atoms with E-state index < -0.39 is 24.0 Å². The van der Waals surface area contributed by atoms with Crippen LogP contribution in [0.1, 0.15) is 19.0 Å². The van der Waals surface area contributed by atoms with Gasteiger partial charge in [-0.3, -0.25) is 4.79 Å². The first kappa shape index (κ1) is 13.2. The highest BCUT2D eigenvalue weighted by atomic mass is 16.4. The summed E-state index contributed by atoms with van der Waals surface area (Å²) in [6.45, 7) is 1.68. The van der Waals surface area contributed by atoms with Gasteiger partial charge in [0.05, 0.1) is 18.1 Å². The van der Waals surface area contributed by atoms with Crippen LogP contribution in [0.25, 0.3) is 0 Å². The number of carboxylic acid groups (broad SMARTS) is 1. The number of aromatic nitrogens is 2. The standard InChI is InChI=1S/C10H16N4O3/c1-2-8(10(16)17)14-9(15)7(11)3-6-4-12-5-13-6/h4-5,7-8H,2-3,11H2,1H3,(H,12,13)(H,14,15)(H,16,17)/t7-,8-/m0/s1. The lowest BCUT2D eigenvalue weighted by Crippen LogP contribution is -2.49. The molecule has 17 heavy (non-hydrogen) atoms. The molecule has 0 saturated heterocycles. The number of hydrogen-bond acceptors (Lipinski definition) is 4. The number of imidazole rings is 1. The lowest BCUT2D eigenvalue weighted by Gasteiger charge is -2.15. The van der Waals surface area contributed by atoms with Gasteiger partial charge in [-0.05, 0) is 6.42 Å². The van der Waals surface area contributed by atoms with E-state index in [4.69, 9.17) is 10.8 Å². The van der Waals surface area contributed by atoms with Crippen molar-refractivity contribution in [2.24, 2.45) is 5.73 Å². The van der Waals surface area contributed by atoms with Crippen LogP contribution in [0, 0.1) is 0 Å². The second-order valence-electron chi connectivity index (χ2n) is 3.68. The Hall–Kier alpha value is -1.89. The number of nitrogens with two attached hydrogens (primary N) is 1. The molecule has 0 bridgehead atoms. The zero-order chi connectivity index (χ0) is 12.8. The normalized spacial score (nSPS) is 14.0. The smallest absolute Gasteiger partial charge is 0.326 e. The van der Waals surface area contributed by atoms with Gasteiger partial charge in [0, 0.05) is 12.6 Å². The molecule has 0 spiro atoms. The lowest BCUT2D eigenvalue weighted by molar-refractivity contribution is -0.142. The minimum Gasteiger partial charge on any atom is -0.480 e. The van der Waals surface area contributed by atoms with E-state index in [1.165, 1.54) is 6.33 Å². The molecule has 1 heterocycles. The molecule has 1 amide bonds. The van der Waals surface area contributed by atoms with Gasteiger partial charge >= 0.3 is 5.97 Å². The predicted molar refractivity (Wildman–Crippen MR) is 60.1 cm³/mol. The Labute approximate surface area is 98.4 Å². The number of nitrogens with one attached hydrogen (secondary N) is 2. The Bertz CT molecular complexity index is 377. The summed E-state index contributed by atoms with van der Waals surface area (Å²) in [6, 6.07) is -1.69. The van der Waals surface area contributed by atoms with Crippen LogP contribution in [0.3, 0.4) is 0 Å². The van der Waals surface area contributed by atoms with Gasteiger partial charge in [0.25, 0.3) is 0 Å². The van der Waals surface area contributed by atoms with Crippen LogP contribution in [0.15, 0.2) is 12.5 Å². The molecule has 0 radical (unpaired) electrons. The number of carbonyl (C=O) groups is 2. The van der Waals surface area contributed by atoms with Crippen molar-refractivity contribution < 1.29 is 14.7 Å². The summed E-state index contributed by atoms with van der Waals surface area (Å²) in [4.78, 5) is 29.0. The van der Waals surface area contributed by atoms with E-state index in [1.807, 2.05) is 0 Å². The Balaban J connectivity index is 2.49.